The summed E-state index contributed by atoms with van der Waals surface area (Å²) in [5.74, 6) is 1.21. The maximum Gasteiger partial charge on any atom is 0.416 e. The highest BCUT2D eigenvalue weighted by Crippen LogP contribution is 2.40. The van der Waals surface area contributed by atoms with Gasteiger partial charge < -0.3 is 20.9 Å². The molecule has 0 radical (unpaired) electrons. The van der Waals surface area contributed by atoms with Crippen LogP contribution in [0.1, 0.15) is 47.5 Å². The zero-order chi connectivity index (χ0) is 25.8. The monoisotopic (exact) mass is 498 g/mol. The standard InChI is InChI=1S/C26H29F3N6O/c1-14(16-9-17(26(27,28)29)11-18(30)10-16)31-25-21-12-22(35-8-7-34(3)23(36)13-35)19-5-4-6-20(19)24(21)32-15(2)33-25/h9-12,14H,4-8,13,30H2,1-3H3,(H,31,32,33)/t14-/m1/s1. The molecule has 5 rings (SSSR count). The average molecular weight is 499 g/mol. The molecule has 2 aromatic carbocycles. The number of rotatable bonds is 4. The zero-order valence-corrected chi connectivity index (χ0v) is 20.5. The summed E-state index contributed by atoms with van der Waals surface area (Å²) >= 11 is 0. The minimum atomic E-state index is -4.49. The fraction of sp³-hybridized carbons (Fsp3) is 0.423. The molecule has 190 valence electrons. The summed E-state index contributed by atoms with van der Waals surface area (Å²) in [4.78, 5) is 25.7. The van der Waals surface area contributed by atoms with Gasteiger partial charge in [0, 0.05) is 36.9 Å². The van der Waals surface area contributed by atoms with Crippen molar-refractivity contribution >= 4 is 34.0 Å². The van der Waals surface area contributed by atoms with Crippen LogP contribution in [0.15, 0.2) is 24.3 Å². The first-order chi connectivity index (χ1) is 17.0. The summed E-state index contributed by atoms with van der Waals surface area (Å²) in [6.45, 7) is 5.28. The highest BCUT2D eigenvalue weighted by atomic mass is 19.4. The fourth-order valence-electron chi connectivity index (χ4n) is 5.19. The molecule has 1 aliphatic heterocycles. The van der Waals surface area contributed by atoms with Crippen LogP contribution in [0.4, 0.5) is 30.4 Å². The minimum Gasteiger partial charge on any atom is -0.399 e. The summed E-state index contributed by atoms with van der Waals surface area (Å²) in [6, 6.07) is 5.14. The first-order valence-corrected chi connectivity index (χ1v) is 12.1. The number of fused-ring (bicyclic) bond motifs is 3. The highest BCUT2D eigenvalue weighted by Gasteiger charge is 2.32. The maximum atomic E-state index is 13.4. The molecule has 2 heterocycles. The average Bonchev–Trinajstić information content (AvgIpc) is 3.30. The number of hydrogen-bond acceptors (Lipinski definition) is 6. The Bertz CT molecular complexity index is 1360. The topological polar surface area (TPSA) is 87.4 Å². The lowest BCUT2D eigenvalue weighted by Gasteiger charge is -2.35. The Kier molecular flexibility index (Phi) is 5.92. The largest absolute Gasteiger partial charge is 0.416 e. The van der Waals surface area contributed by atoms with Crippen molar-refractivity contribution < 1.29 is 18.0 Å². The Balaban J connectivity index is 1.58. The molecule has 3 aromatic rings. The van der Waals surface area contributed by atoms with Crippen LogP contribution in [0, 0.1) is 6.92 Å². The number of nitrogens with one attached hydrogen (secondary N) is 1. The quantitative estimate of drug-likeness (QED) is 0.516. The van der Waals surface area contributed by atoms with Crippen molar-refractivity contribution in [1.29, 1.82) is 0 Å². The fourth-order valence-corrected chi connectivity index (χ4v) is 5.19. The van der Waals surface area contributed by atoms with E-state index in [0.29, 0.717) is 30.3 Å². The molecule has 1 amide bonds. The molecule has 1 aromatic heterocycles. The van der Waals surface area contributed by atoms with E-state index in [9.17, 15) is 18.0 Å². The van der Waals surface area contributed by atoms with Crippen LogP contribution in [-0.2, 0) is 23.8 Å². The number of aryl methyl sites for hydroxylation is 2. The predicted molar refractivity (Wildman–Crippen MR) is 134 cm³/mol. The van der Waals surface area contributed by atoms with Crippen molar-refractivity contribution in [2.24, 2.45) is 0 Å². The van der Waals surface area contributed by atoms with Gasteiger partial charge in [-0.25, -0.2) is 9.97 Å². The molecule has 10 heteroatoms. The number of likely N-dealkylation sites (N-methyl/N-ethyl adjacent to an activating group) is 1. The SMILES string of the molecule is Cc1nc(N[C@H](C)c2cc(N)cc(C(F)(F)F)c2)c2cc(N3CCN(C)C(=O)C3)c3c(c2n1)CCC3. The van der Waals surface area contributed by atoms with Gasteiger partial charge >= 0.3 is 6.18 Å². The second-order valence-electron chi connectivity index (χ2n) is 9.71. The summed E-state index contributed by atoms with van der Waals surface area (Å²) in [5, 5.41) is 4.12. The molecule has 1 saturated heterocycles. The first-order valence-electron chi connectivity index (χ1n) is 12.1. The lowest BCUT2D eigenvalue weighted by atomic mass is 10.0. The van der Waals surface area contributed by atoms with E-state index in [4.69, 9.17) is 10.7 Å². The molecule has 7 nitrogen and oxygen atoms in total. The molecule has 0 bridgehead atoms. The molecule has 2 aliphatic rings. The highest BCUT2D eigenvalue weighted by molar-refractivity contribution is 5.97. The number of nitrogens with two attached hydrogens (primary N) is 1. The van der Waals surface area contributed by atoms with Gasteiger partial charge in [-0.3, -0.25) is 4.79 Å². The Hall–Kier alpha value is -3.56. The summed E-state index contributed by atoms with van der Waals surface area (Å²) in [6.07, 6.45) is -1.67. The summed E-state index contributed by atoms with van der Waals surface area (Å²) < 4.78 is 40.1. The van der Waals surface area contributed by atoms with Gasteiger partial charge in [-0.1, -0.05) is 0 Å². The molecular formula is C26H29F3N6O. The molecular weight excluding hydrogens is 469 g/mol. The van der Waals surface area contributed by atoms with E-state index in [1.165, 1.54) is 11.1 Å². The van der Waals surface area contributed by atoms with Gasteiger partial charge in [-0.05, 0) is 74.1 Å². The van der Waals surface area contributed by atoms with E-state index in [-0.39, 0.29) is 11.6 Å². The van der Waals surface area contributed by atoms with Crippen molar-refractivity contribution in [2.75, 3.05) is 42.6 Å². The predicted octanol–water partition coefficient (Wildman–Crippen LogP) is 4.48. The Morgan fingerprint density at radius 2 is 1.83 bits per heavy atom. The number of aromatic nitrogens is 2. The van der Waals surface area contributed by atoms with E-state index in [1.54, 1.807) is 17.9 Å². The third-order valence-electron chi connectivity index (χ3n) is 7.11. The van der Waals surface area contributed by atoms with Gasteiger partial charge in [0.05, 0.1) is 23.7 Å². The second-order valence-corrected chi connectivity index (χ2v) is 9.71. The minimum absolute atomic E-state index is 0.0528. The molecule has 36 heavy (non-hydrogen) atoms. The molecule has 1 atom stereocenters. The number of anilines is 3. The van der Waals surface area contributed by atoms with E-state index < -0.39 is 17.8 Å². The third kappa shape index (κ3) is 4.40. The van der Waals surface area contributed by atoms with Gasteiger partial charge in [-0.15, -0.1) is 0 Å². The molecule has 0 spiro atoms. The van der Waals surface area contributed by atoms with Crippen molar-refractivity contribution in [3.63, 3.8) is 0 Å². The van der Waals surface area contributed by atoms with Crippen LogP contribution in [0.3, 0.4) is 0 Å². The van der Waals surface area contributed by atoms with Crippen LogP contribution in [0.25, 0.3) is 10.9 Å². The number of hydrogen-bond donors (Lipinski definition) is 2. The van der Waals surface area contributed by atoms with Gasteiger partial charge in [0.2, 0.25) is 5.91 Å². The van der Waals surface area contributed by atoms with Crippen molar-refractivity contribution in [3.8, 4) is 0 Å². The van der Waals surface area contributed by atoms with Gasteiger partial charge in [0.25, 0.3) is 0 Å². The van der Waals surface area contributed by atoms with E-state index in [0.717, 1.165) is 54.5 Å². The molecule has 1 aliphatic carbocycles. The molecule has 3 N–H and O–H groups in total. The van der Waals surface area contributed by atoms with Crippen molar-refractivity contribution in [2.45, 2.75) is 45.3 Å². The van der Waals surface area contributed by atoms with Gasteiger partial charge in [-0.2, -0.15) is 13.2 Å². The third-order valence-corrected chi connectivity index (χ3v) is 7.11. The lowest BCUT2D eigenvalue weighted by Crippen LogP contribution is -2.48. The molecule has 0 unspecified atom stereocenters. The summed E-state index contributed by atoms with van der Waals surface area (Å²) in [5.41, 5.74) is 9.75. The number of alkyl halides is 3. The zero-order valence-electron chi connectivity index (χ0n) is 20.5. The first kappa shape index (κ1) is 24.1. The van der Waals surface area contributed by atoms with E-state index in [2.05, 4.69) is 15.2 Å². The maximum absolute atomic E-state index is 13.4. The van der Waals surface area contributed by atoms with Crippen LogP contribution >= 0.6 is 0 Å². The van der Waals surface area contributed by atoms with Crippen LogP contribution < -0.4 is 16.0 Å². The number of nitrogen functional groups attached to an aromatic ring is 1. The number of carbonyl (C=O) groups excluding carboxylic acids is 1. The van der Waals surface area contributed by atoms with Crippen LogP contribution in [-0.4, -0.2) is 47.5 Å². The van der Waals surface area contributed by atoms with Crippen LogP contribution in [0.2, 0.25) is 0 Å². The number of amides is 1. The Morgan fingerprint density at radius 1 is 1.08 bits per heavy atom. The van der Waals surface area contributed by atoms with Gasteiger partial charge in [0.1, 0.15) is 11.6 Å². The van der Waals surface area contributed by atoms with E-state index in [1.807, 2.05) is 20.0 Å². The number of halogens is 3. The van der Waals surface area contributed by atoms with Crippen LogP contribution in [0.5, 0.6) is 0 Å². The van der Waals surface area contributed by atoms with Crippen molar-refractivity contribution in [3.05, 3.63) is 52.3 Å². The Labute approximate surface area is 207 Å². The number of piperazine rings is 1. The van der Waals surface area contributed by atoms with Gasteiger partial charge in [0.15, 0.2) is 0 Å². The molecule has 0 saturated carbocycles. The Morgan fingerprint density at radius 3 is 2.56 bits per heavy atom. The number of benzene rings is 2. The van der Waals surface area contributed by atoms with Crippen molar-refractivity contribution in [1.82, 2.24) is 14.9 Å². The lowest BCUT2D eigenvalue weighted by molar-refractivity contribution is -0.137. The van der Waals surface area contributed by atoms with E-state index >= 15 is 0 Å². The molecule has 1 fully saturated rings. The second kappa shape index (κ2) is 8.83. The number of nitrogens with zero attached hydrogens (tertiary/aromatic N) is 4. The normalized spacial score (nSPS) is 17.0. The smallest absolute Gasteiger partial charge is 0.399 e. The number of carbonyl (C=O) groups is 1. The summed E-state index contributed by atoms with van der Waals surface area (Å²) in [7, 11) is 1.81.